The van der Waals surface area contributed by atoms with Gasteiger partial charge in [-0.3, -0.25) is 4.79 Å². The maximum Gasteiger partial charge on any atom is 0.226 e. The highest BCUT2D eigenvalue weighted by molar-refractivity contribution is 7.80. The lowest BCUT2D eigenvalue weighted by molar-refractivity contribution is -0.117. The van der Waals surface area contributed by atoms with E-state index in [0.717, 1.165) is 6.42 Å². The molecule has 0 saturated heterocycles. The summed E-state index contributed by atoms with van der Waals surface area (Å²) in [6.45, 7) is 2.97. The summed E-state index contributed by atoms with van der Waals surface area (Å²) in [7, 11) is 0. The van der Waals surface area contributed by atoms with Crippen molar-refractivity contribution >= 4 is 28.8 Å². The van der Waals surface area contributed by atoms with Gasteiger partial charge >= 0.3 is 0 Å². The van der Waals surface area contributed by atoms with Crippen LogP contribution in [-0.4, -0.2) is 24.1 Å². The highest BCUT2D eigenvalue weighted by Gasteiger charge is 2.10. The number of amides is 1. The fourth-order valence-corrected chi connectivity index (χ4v) is 1.62. The normalized spacial score (nSPS) is 10.2. The molecular weight excluding hydrogens is 267 g/mol. The van der Waals surface area contributed by atoms with Gasteiger partial charge in [0.15, 0.2) is 0 Å². The van der Waals surface area contributed by atoms with Crippen molar-refractivity contribution in [1.82, 2.24) is 0 Å². The maximum atomic E-state index is 13.1. The van der Waals surface area contributed by atoms with E-state index in [1.54, 1.807) is 0 Å². The SMILES string of the molecule is CCCOCCC(=O)Nc1ccc(F)cc1C(N)=S. The molecule has 0 aromatic heterocycles. The third kappa shape index (κ3) is 5.32. The molecule has 0 aliphatic rings. The van der Waals surface area contributed by atoms with Gasteiger partial charge in [0.1, 0.15) is 10.8 Å². The molecule has 1 aromatic carbocycles. The summed E-state index contributed by atoms with van der Waals surface area (Å²) >= 11 is 4.82. The lowest BCUT2D eigenvalue weighted by atomic mass is 10.1. The highest BCUT2D eigenvalue weighted by atomic mass is 32.1. The van der Waals surface area contributed by atoms with Gasteiger partial charge in [0.25, 0.3) is 0 Å². The molecule has 3 N–H and O–H groups in total. The van der Waals surface area contributed by atoms with Crippen molar-refractivity contribution < 1.29 is 13.9 Å². The molecule has 0 heterocycles. The van der Waals surface area contributed by atoms with E-state index >= 15 is 0 Å². The van der Waals surface area contributed by atoms with Crippen LogP contribution in [0.15, 0.2) is 18.2 Å². The van der Waals surface area contributed by atoms with Crippen LogP contribution in [0.4, 0.5) is 10.1 Å². The second-order valence-electron chi connectivity index (χ2n) is 3.96. The summed E-state index contributed by atoms with van der Waals surface area (Å²) in [6, 6.07) is 3.88. The fourth-order valence-electron chi connectivity index (χ4n) is 1.45. The molecule has 4 nitrogen and oxygen atoms in total. The van der Waals surface area contributed by atoms with Gasteiger partial charge in [0, 0.05) is 12.2 Å². The van der Waals surface area contributed by atoms with Crippen molar-refractivity contribution in [2.45, 2.75) is 19.8 Å². The topological polar surface area (TPSA) is 64.3 Å². The molecule has 1 aromatic rings. The summed E-state index contributed by atoms with van der Waals surface area (Å²) in [5, 5.41) is 2.64. The zero-order valence-corrected chi connectivity index (χ0v) is 11.6. The molecule has 0 atom stereocenters. The van der Waals surface area contributed by atoms with Crippen LogP contribution in [0.5, 0.6) is 0 Å². The van der Waals surface area contributed by atoms with E-state index in [9.17, 15) is 9.18 Å². The van der Waals surface area contributed by atoms with Gasteiger partial charge < -0.3 is 15.8 Å². The van der Waals surface area contributed by atoms with Crippen LogP contribution in [0, 0.1) is 5.82 Å². The molecular formula is C13H17FN2O2S. The number of nitrogens with two attached hydrogens (primary N) is 1. The number of carbonyl (C=O) groups is 1. The molecule has 0 bridgehead atoms. The molecule has 1 amide bonds. The van der Waals surface area contributed by atoms with Gasteiger partial charge in [0.05, 0.1) is 18.7 Å². The smallest absolute Gasteiger partial charge is 0.226 e. The Hall–Kier alpha value is -1.53. The van der Waals surface area contributed by atoms with Gasteiger partial charge in [-0.05, 0) is 24.6 Å². The number of hydrogen-bond acceptors (Lipinski definition) is 3. The number of rotatable bonds is 7. The van der Waals surface area contributed by atoms with E-state index in [4.69, 9.17) is 22.7 Å². The van der Waals surface area contributed by atoms with Gasteiger partial charge in [-0.15, -0.1) is 0 Å². The molecule has 104 valence electrons. The quantitative estimate of drug-likeness (QED) is 0.595. The standard InChI is InChI=1S/C13H17FN2O2S/c1-2-6-18-7-5-12(17)16-11-4-3-9(14)8-10(11)13(15)19/h3-4,8H,2,5-7H2,1H3,(H2,15,19)(H,16,17). The summed E-state index contributed by atoms with van der Waals surface area (Å²) < 4.78 is 18.3. The number of anilines is 1. The number of thiocarbonyl (C=S) groups is 1. The minimum Gasteiger partial charge on any atom is -0.389 e. The van der Waals surface area contributed by atoms with Crippen molar-refractivity contribution in [3.8, 4) is 0 Å². The molecule has 0 spiro atoms. The van der Waals surface area contributed by atoms with Crippen LogP contribution in [0.2, 0.25) is 0 Å². The van der Waals surface area contributed by atoms with Crippen molar-refractivity contribution in [3.63, 3.8) is 0 Å². The van der Waals surface area contributed by atoms with Gasteiger partial charge in [-0.2, -0.15) is 0 Å². The van der Waals surface area contributed by atoms with E-state index < -0.39 is 5.82 Å². The molecule has 0 saturated carbocycles. The van der Waals surface area contributed by atoms with E-state index in [0.29, 0.717) is 24.5 Å². The van der Waals surface area contributed by atoms with E-state index in [-0.39, 0.29) is 17.3 Å². The molecule has 1 rings (SSSR count). The first-order chi connectivity index (χ1) is 9.04. The zero-order chi connectivity index (χ0) is 14.3. The number of hydrogen-bond donors (Lipinski definition) is 2. The second kappa shape index (κ2) is 7.81. The Bertz CT molecular complexity index is 466. The summed E-state index contributed by atoms with van der Waals surface area (Å²) in [6.07, 6.45) is 1.14. The molecule has 0 unspecified atom stereocenters. The van der Waals surface area contributed by atoms with Gasteiger partial charge in [0.2, 0.25) is 5.91 Å². The number of carbonyl (C=O) groups excluding carboxylic acids is 1. The predicted molar refractivity (Wildman–Crippen MR) is 76.6 cm³/mol. The number of halogens is 1. The van der Waals surface area contributed by atoms with Crippen molar-refractivity contribution in [2.75, 3.05) is 18.5 Å². The highest BCUT2D eigenvalue weighted by Crippen LogP contribution is 2.17. The predicted octanol–water partition coefficient (Wildman–Crippen LogP) is 2.22. The zero-order valence-electron chi connectivity index (χ0n) is 10.7. The first-order valence-corrected chi connectivity index (χ1v) is 6.42. The summed E-state index contributed by atoms with van der Waals surface area (Å²) in [5.41, 5.74) is 6.22. The van der Waals surface area contributed by atoms with Crippen molar-refractivity contribution in [2.24, 2.45) is 5.73 Å². The van der Waals surface area contributed by atoms with E-state index in [2.05, 4.69) is 5.32 Å². The number of benzene rings is 1. The Balaban J connectivity index is 2.61. The van der Waals surface area contributed by atoms with Gasteiger partial charge in [-0.25, -0.2) is 4.39 Å². The second-order valence-corrected chi connectivity index (χ2v) is 4.40. The number of nitrogens with one attached hydrogen (secondary N) is 1. The molecule has 19 heavy (non-hydrogen) atoms. The van der Waals surface area contributed by atoms with Crippen molar-refractivity contribution in [3.05, 3.63) is 29.6 Å². The molecule has 0 radical (unpaired) electrons. The molecule has 6 heteroatoms. The first-order valence-electron chi connectivity index (χ1n) is 6.01. The maximum absolute atomic E-state index is 13.1. The lowest BCUT2D eigenvalue weighted by Crippen LogP contribution is -2.19. The van der Waals surface area contributed by atoms with Crippen molar-refractivity contribution in [1.29, 1.82) is 0 Å². The molecule has 0 aliphatic carbocycles. The molecule has 0 aliphatic heterocycles. The van der Waals surface area contributed by atoms with Crippen LogP contribution in [0.25, 0.3) is 0 Å². The van der Waals surface area contributed by atoms with Gasteiger partial charge in [-0.1, -0.05) is 19.1 Å². The minimum absolute atomic E-state index is 0.0389. The fraction of sp³-hybridized carbons (Fsp3) is 0.385. The Kier molecular flexibility index (Phi) is 6.38. The Morgan fingerprint density at radius 1 is 1.47 bits per heavy atom. The third-order valence-electron chi connectivity index (χ3n) is 2.34. The van der Waals surface area contributed by atoms with Crippen LogP contribution >= 0.6 is 12.2 Å². The largest absolute Gasteiger partial charge is 0.389 e. The minimum atomic E-state index is -0.452. The average Bonchev–Trinajstić information content (AvgIpc) is 2.36. The van der Waals surface area contributed by atoms with E-state index in [1.165, 1.54) is 18.2 Å². The Morgan fingerprint density at radius 2 is 2.21 bits per heavy atom. The molecule has 0 fully saturated rings. The lowest BCUT2D eigenvalue weighted by Gasteiger charge is -2.10. The monoisotopic (exact) mass is 284 g/mol. The first kappa shape index (κ1) is 15.5. The van der Waals surface area contributed by atoms with E-state index in [1.807, 2.05) is 6.92 Å². The van der Waals surface area contributed by atoms with Crippen LogP contribution < -0.4 is 11.1 Å². The Morgan fingerprint density at radius 3 is 2.84 bits per heavy atom. The summed E-state index contributed by atoms with van der Waals surface area (Å²) in [4.78, 5) is 11.7. The number of ether oxygens (including phenoxy) is 1. The average molecular weight is 284 g/mol. The van der Waals surface area contributed by atoms with Crippen LogP contribution in [0.3, 0.4) is 0 Å². The third-order valence-corrected chi connectivity index (χ3v) is 2.56. The van der Waals surface area contributed by atoms with Crippen LogP contribution in [-0.2, 0) is 9.53 Å². The Labute approximate surface area is 117 Å². The summed E-state index contributed by atoms with van der Waals surface area (Å²) in [5.74, 6) is -0.674. The van der Waals surface area contributed by atoms with Crippen LogP contribution in [0.1, 0.15) is 25.3 Å².